The molecular weight excluding hydrogens is 445 g/mol. The maximum absolute atomic E-state index is 12.8. The standard InChI is InChI=1S/C21H17F3N4O3S/c22-21(23,24)31-13-5-3-4-12(10-13)20(30)28-9-8-16-17(11-28)32-19(27-16)18(29)26-15-7-2-1-6-14(15)25/h1-7,10H,8-9,11,25H2,(H,26,29). The van der Waals surface area contributed by atoms with Gasteiger partial charge in [-0.15, -0.1) is 24.5 Å². The van der Waals surface area contributed by atoms with Gasteiger partial charge in [-0.05, 0) is 30.3 Å². The van der Waals surface area contributed by atoms with Crippen LogP contribution >= 0.6 is 11.3 Å². The van der Waals surface area contributed by atoms with Gasteiger partial charge in [0.1, 0.15) is 5.75 Å². The molecule has 1 aliphatic heterocycles. The number of anilines is 2. The highest BCUT2D eigenvalue weighted by Crippen LogP contribution is 2.29. The fraction of sp³-hybridized carbons (Fsp3) is 0.190. The van der Waals surface area contributed by atoms with Crippen molar-refractivity contribution in [3.8, 4) is 5.75 Å². The molecule has 0 unspecified atom stereocenters. The van der Waals surface area contributed by atoms with Crippen LogP contribution in [0.4, 0.5) is 24.5 Å². The lowest BCUT2D eigenvalue weighted by Gasteiger charge is -2.26. The highest BCUT2D eigenvalue weighted by molar-refractivity contribution is 7.13. The first-order chi connectivity index (χ1) is 15.2. The fourth-order valence-electron chi connectivity index (χ4n) is 3.26. The second kappa shape index (κ2) is 8.50. The van der Waals surface area contributed by atoms with Crippen LogP contribution in [0.1, 0.15) is 30.7 Å². The van der Waals surface area contributed by atoms with Gasteiger partial charge in [-0.2, -0.15) is 0 Å². The summed E-state index contributed by atoms with van der Waals surface area (Å²) in [6.07, 6.45) is -4.41. The second-order valence-corrected chi connectivity index (χ2v) is 8.07. The van der Waals surface area contributed by atoms with Gasteiger partial charge in [-0.25, -0.2) is 4.98 Å². The lowest BCUT2D eigenvalue weighted by Crippen LogP contribution is -2.35. The SMILES string of the molecule is Nc1ccccc1NC(=O)c1nc2c(s1)CN(C(=O)c1cccc(OC(F)(F)F)c1)CC2. The second-order valence-electron chi connectivity index (χ2n) is 6.98. The molecule has 7 nitrogen and oxygen atoms in total. The van der Waals surface area contributed by atoms with Crippen molar-refractivity contribution in [3.63, 3.8) is 0 Å². The van der Waals surface area contributed by atoms with E-state index in [0.29, 0.717) is 24.3 Å². The van der Waals surface area contributed by atoms with E-state index >= 15 is 0 Å². The van der Waals surface area contributed by atoms with Crippen LogP contribution in [0.25, 0.3) is 0 Å². The number of carbonyl (C=O) groups is 2. The molecule has 11 heteroatoms. The molecule has 0 bridgehead atoms. The van der Waals surface area contributed by atoms with E-state index in [1.807, 2.05) is 0 Å². The summed E-state index contributed by atoms with van der Waals surface area (Å²) in [6, 6.07) is 11.8. The number of hydrogen-bond acceptors (Lipinski definition) is 6. The number of nitrogen functional groups attached to an aromatic ring is 1. The van der Waals surface area contributed by atoms with Gasteiger partial charge in [-0.1, -0.05) is 18.2 Å². The van der Waals surface area contributed by atoms with Crippen LogP contribution in [-0.4, -0.2) is 34.6 Å². The third kappa shape index (κ3) is 4.83. The summed E-state index contributed by atoms with van der Waals surface area (Å²) < 4.78 is 41.3. The number of benzene rings is 2. The van der Waals surface area contributed by atoms with Crippen LogP contribution in [0.3, 0.4) is 0 Å². The molecule has 0 atom stereocenters. The molecule has 0 saturated heterocycles. The number of rotatable bonds is 4. The first kappa shape index (κ1) is 21.6. The Morgan fingerprint density at radius 2 is 1.94 bits per heavy atom. The average Bonchev–Trinajstić information content (AvgIpc) is 3.17. The van der Waals surface area contributed by atoms with Crippen molar-refractivity contribution in [1.82, 2.24) is 9.88 Å². The van der Waals surface area contributed by atoms with Gasteiger partial charge < -0.3 is 20.7 Å². The van der Waals surface area contributed by atoms with E-state index in [4.69, 9.17) is 5.73 Å². The molecule has 4 rings (SSSR count). The first-order valence-corrected chi connectivity index (χ1v) is 10.3. The normalized spacial score (nSPS) is 13.4. The zero-order chi connectivity index (χ0) is 22.9. The lowest BCUT2D eigenvalue weighted by molar-refractivity contribution is -0.274. The third-order valence-corrected chi connectivity index (χ3v) is 5.82. The first-order valence-electron chi connectivity index (χ1n) is 9.49. The quantitative estimate of drug-likeness (QED) is 0.570. The molecule has 0 aliphatic carbocycles. The summed E-state index contributed by atoms with van der Waals surface area (Å²) >= 11 is 1.16. The van der Waals surface area contributed by atoms with E-state index in [1.165, 1.54) is 17.0 Å². The summed E-state index contributed by atoms with van der Waals surface area (Å²) in [5.74, 6) is -1.30. The van der Waals surface area contributed by atoms with Crippen molar-refractivity contribution in [2.45, 2.75) is 19.3 Å². The van der Waals surface area contributed by atoms with Gasteiger partial charge in [0.2, 0.25) is 0 Å². The number of nitrogens with one attached hydrogen (secondary N) is 1. The molecule has 3 N–H and O–H groups in total. The summed E-state index contributed by atoms with van der Waals surface area (Å²) in [4.78, 5) is 32.0. The number of fused-ring (bicyclic) bond motifs is 1. The third-order valence-electron chi connectivity index (χ3n) is 4.74. The summed E-state index contributed by atoms with van der Waals surface area (Å²) in [7, 11) is 0. The largest absolute Gasteiger partial charge is 0.573 e. The van der Waals surface area contributed by atoms with E-state index < -0.39 is 23.9 Å². The van der Waals surface area contributed by atoms with Crippen LogP contribution < -0.4 is 15.8 Å². The van der Waals surface area contributed by atoms with E-state index in [9.17, 15) is 22.8 Å². The van der Waals surface area contributed by atoms with E-state index in [0.717, 1.165) is 34.0 Å². The predicted molar refractivity (Wildman–Crippen MR) is 112 cm³/mol. The van der Waals surface area contributed by atoms with Gasteiger partial charge in [0, 0.05) is 23.4 Å². The minimum atomic E-state index is -4.84. The highest BCUT2D eigenvalue weighted by atomic mass is 32.1. The van der Waals surface area contributed by atoms with Crippen molar-refractivity contribution in [2.24, 2.45) is 0 Å². The molecule has 0 spiro atoms. The summed E-state index contributed by atoms with van der Waals surface area (Å²) in [5.41, 5.74) is 7.55. The molecule has 2 heterocycles. The lowest BCUT2D eigenvalue weighted by atomic mass is 10.1. The van der Waals surface area contributed by atoms with Crippen LogP contribution in [0.2, 0.25) is 0 Å². The van der Waals surface area contributed by atoms with Crippen molar-refractivity contribution < 1.29 is 27.5 Å². The number of alkyl halides is 3. The zero-order valence-electron chi connectivity index (χ0n) is 16.5. The summed E-state index contributed by atoms with van der Waals surface area (Å²) in [6.45, 7) is 0.531. The number of halogens is 3. The van der Waals surface area contributed by atoms with Crippen LogP contribution in [0.5, 0.6) is 5.75 Å². The van der Waals surface area contributed by atoms with Gasteiger partial charge in [-0.3, -0.25) is 9.59 Å². The number of carbonyl (C=O) groups excluding carboxylic acids is 2. The topological polar surface area (TPSA) is 97.5 Å². The maximum Gasteiger partial charge on any atom is 0.573 e. The Morgan fingerprint density at radius 1 is 1.16 bits per heavy atom. The van der Waals surface area contributed by atoms with Gasteiger partial charge in [0.05, 0.1) is 23.6 Å². The van der Waals surface area contributed by atoms with Crippen LogP contribution in [0, 0.1) is 0 Å². The summed E-state index contributed by atoms with van der Waals surface area (Å²) in [5, 5.41) is 2.96. The number of thiazole rings is 1. The number of aromatic nitrogens is 1. The molecule has 2 aromatic carbocycles. The van der Waals surface area contributed by atoms with Crippen LogP contribution in [0.15, 0.2) is 48.5 Å². The van der Waals surface area contributed by atoms with Crippen molar-refractivity contribution in [1.29, 1.82) is 0 Å². The number of para-hydroxylation sites is 2. The molecule has 2 amide bonds. The Kier molecular flexibility index (Phi) is 5.74. The molecule has 3 aromatic rings. The molecule has 1 aliphatic rings. The number of nitrogens with two attached hydrogens (primary N) is 1. The van der Waals surface area contributed by atoms with Crippen LogP contribution in [-0.2, 0) is 13.0 Å². The minimum Gasteiger partial charge on any atom is -0.406 e. The molecule has 32 heavy (non-hydrogen) atoms. The smallest absolute Gasteiger partial charge is 0.406 e. The number of nitrogens with zero attached hydrogens (tertiary/aromatic N) is 2. The minimum absolute atomic E-state index is 0.0808. The zero-order valence-corrected chi connectivity index (χ0v) is 17.3. The Bertz CT molecular complexity index is 1180. The average molecular weight is 462 g/mol. The molecule has 0 radical (unpaired) electrons. The van der Waals surface area contributed by atoms with Gasteiger partial charge in [0.25, 0.3) is 11.8 Å². The Hall–Kier alpha value is -3.60. The molecular formula is C21H17F3N4O3S. The Labute approximate surface area is 184 Å². The number of hydrogen-bond donors (Lipinski definition) is 2. The molecule has 166 valence electrons. The highest BCUT2D eigenvalue weighted by Gasteiger charge is 2.32. The van der Waals surface area contributed by atoms with Crippen molar-refractivity contribution >= 4 is 34.5 Å². The molecule has 1 aromatic heterocycles. The number of amides is 2. The number of ether oxygens (including phenoxy) is 1. The Morgan fingerprint density at radius 3 is 2.69 bits per heavy atom. The van der Waals surface area contributed by atoms with Crippen molar-refractivity contribution in [3.05, 3.63) is 69.7 Å². The van der Waals surface area contributed by atoms with E-state index in [1.54, 1.807) is 24.3 Å². The Balaban J connectivity index is 1.47. The predicted octanol–water partition coefficient (Wildman–Crippen LogP) is 4.07. The van der Waals surface area contributed by atoms with E-state index in [-0.39, 0.29) is 17.1 Å². The molecule has 0 saturated carbocycles. The maximum atomic E-state index is 12.8. The van der Waals surface area contributed by atoms with Gasteiger partial charge in [0.15, 0.2) is 5.01 Å². The monoisotopic (exact) mass is 462 g/mol. The molecule has 0 fully saturated rings. The van der Waals surface area contributed by atoms with E-state index in [2.05, 4.69) is 15.0 Å². The fourth-order valence-corrected chi connectivity index (χ4v) is 4.28. The van der Waals surface area contributed by atoms with Crippen molar-refractivity contribution in [2.75, 3.05) is 17.6 Å². The van der Waals surface area contributed by atoms with Gasteiger partial charge >= 0.3 is 6.36 Å².